The highest BCUT2D eigenvalue weighted by Gasteiger charge is 2.12. The van der Waals surface area contributed by atoms with Gasteiger partial charge in [0.1, 0.15) is 0 Å². The summed E-state index contributed by atoms with van der Waals surface area (Å²) in [5, 5.41) is 3.01. The third kappa shape index (κ3) is 6.93. The number of hydrogen-bond donors (Lipinski definition) is 3. The average molecular weight is 488 g/mol. The number of nitrogens with zero attached hydrogens (tertiary/aromatic N) is 1. The predicted molar refractivity (Wildman–Crippen MR) is 118 cm³/mol. The van der Waals surface area contributed by atoms with Crippen LogP contribution in [-0.4, -0.2) is 27.5 Å². The molecule has 2 aromatic carbocycles. The van der Waals surface area contributed by atoms with E-state index in [1.54, 1.807) is 24.3 Å². The fourth-order valence-electron chi connectivity index (χ4n) is 2.39. The summed E-state index contributed by atoms with van der Waals surface area (Å²) in [6.07, 6.45) is 0. The molecule has 0 aromatic heterocycles. The Kier molecular flexibility index (Phi) is 8.51. The molecule has 0 fully saturated rings. The van der Waals surface area contributed by atoms with E-state index < -0.39 is 10.0 Å². The Morgan fingerprint density at radius 2 is 1.58 bits per heavy atom. The van der Waals surface area contributed by atoms with Gasteiger partial charge >= 0.3 is 0 Å². The fraction of sp³-hybridized carbons (Fsp3) is 0.278. The zero-order valence-electron chi connectivity index (χ0n) is 15.1. The van der Waals surface area contributed by atoms with E-state index in [2.05, 4.69) is 21.1 Å². The molecule has 6 nitrogen and oxygen atoms in total. The van der Waals surface area contributed by atoms with Gasteiger partial charge in [-0.05, 0) is 56.2 Å². The van der Waals surface area contributed by atoms with Gasteiger partial charge in [0.15, 0.2) is 5.96 Å². The van der Waals surface area contributed by atoms with Crippen molar-refractivity contribution in [2.45, 2.75) is 25.7 Å². The van der Waals surface area contributed by atoms with E-state index >= 15 is 0 Å². The third-order valence-electron chi connectivity index (χ3n) is 3.51. The summed E-state index contributed by atoms with van der Waals surface area (Å²) < 4.78 is 26.8. The molecular weight excluding hydrogens is 463 g/mol. The summed E-state index contributed by atoms with van der Waals surface area (Å²) in [6.45, 7) is 6.33. The molecule has 0 bridgehead atoms. The number of hydrogen-bond acceptors (Lipinski definition) is 3. The highest BCUT2D eigenvalue weighted by Crippen LogP contribution is 2.13. The van der Waals surface area contributed by atoms with Crippen molar-refractivity contribution in [2.75, 3.05) is 18.4 Å². The lowest BCUT2D eigenvalue weighted by molar-refractivity contribution is 0.582. The van der Waals surface area contributed by atoms with Crippen LogP contribution in [0.2, 0.25) is 0 Å². The monoisotopic (exact) mass is 488 g/mol. The number of aliphatic imine (C=N–C) groups is 1. The van der Waals surface area contributed by atoms with Gasteiger partial charge in [-0.2, -0.15) is 0 Å². The van der Waals surface area contributed by atoms with Gasteiger partial charge < -0.3 is 11.1 Å². The Morgan fingerprint density at radius 3 is 2.15 bits per heavy atom. The Hall–Kier alpha value is -1.65. The standard InChI is InChI=1S/C18H24N4O2S.HI/c1-13-4-6-17(7-5-13)25(23,24)21-9-8-20-18(19)22-16-11-14(2)10-15(3)12-16;/h4-7,10-12,21H,8-9H2,1-3H3,(H3,19,20,22);1H. The molecule has 0 saturated heterocycles. The second-order valence-corrected chi connectivity index (χ2v) is 7.75. The molecule has 0 aliphatic carbocycles. The summed E-state index contributed by atoms with van der Waals surface area (Å²) in [6, 6.07) is 12.7. The highest BCUT2D eigenvalue weighted by molar-refractivity contribution is 14.0. The van der Waals surface area contributed by atoms with Crippen molar-refractivity contribution in [3.8, 4) is 0 Å². The first-order valence-corrected chi connectivity index (χ1v) is 9.46. The molecule has 0 atom stereocenters. The topological polar surface area (TPSA) is 96.6 Å². The van der Waals surface area contributed by atoms with Gasteiger partial charge in [-0.1, -0.05) is 23.8 Å². The van der Waals surface area contributed by atoms with E-state index in [9.17, 15) is 8.42 Å². The minimum atomic E-state index is -3.53. The Bertz CT molecular complexity index is 845. The van der Waals surface area contributed by atoms with Crippen LogP contribution in [0.3, 0.4) is 0 Å². The summed E-state index contributed by atoms with van der Waals surface area (Å²) in [5.41, 5.74) is 9.97. The molecule has 0 amide bonds. The molecular formula is C18H25IN4O2S. The van der Waals surface area contributed by atoms with Crippen LogP contribution in [-0.2, 0) is 10.0 Å². The van der Waals surface area contributed by atoms with Crippen molar-refractivity contribution in [2.24, 2.45) is 10.7 Å². The van der Waals surface area contributed by atoms with E-state index in [1.807, 2.05) is 32.9 Å². The van der Waals surface area contributed by atoms with Crippen LogP contribution in [0, 0.1) is 20.8 Å². The maximum atomic E-state index is 12.1. The number of benzene rings is 2. The van der Waals surface area contributed by atoms with Crippen LogP contribution < -0.4 is 15.8 Å². The van der Waals surface area contributed by atoms with E-state index in [0.717, 1.165) is 22.4 Å². The molecule has 0 aliphatic rings. The third-order valence-corrected chi connectivity index (χ3v) is 4.99. The lowest BCUT2D eigenvalue weighted by Crippen LogP contribution is -2.28. The van der Waals surface area contributed by atoms with Crippen LogP contribution in [0.5, 0.6) is 0 Å². The Labute approximate surface area is 172 Å². The molecule has 0 aliphatic heterocycles. The number of sulfonamides is 1. The van der Waals surface area contributed by atoms with Crippen molar-refractivity contribution < 1.29 is 8.42 Å². The number of halogens is 1. The maximum Gasteiger partial charge on any atom is 0.240 e. The maximum absolute atomic E-state index is 12.1. The van der Waals surface area contributed by atoms with E-state index in [4.69, 9.17) is 5.73 Å². The van der Waals surface area contributed by atoms with Crippen molar-refractivity contribution in [1.29, 1.82) is 0 Å². The second-order valence-electron chi connectivity index (χ2n) is 5.98. The first kappa shape index (κ1) is 22.4. The van der Waals surface area contributed by atoms with Crippen LogP contribution in [0.4, 0.5) is 5.69 Å². The highest BCUT2D eigenvalue weighted by atomic mass is 127. The molecule has 26 heavy (non-hydrogen) atoms. The molecule has 0 saturated carbocycles. The van der Waals surface area contributed by atoms with Crippen LogP contribution in [0.1, 0.15) is 16.7 Å². The van der Waals surface area contributed by atoms with Crippen molar-refractivity contribution >= 4 is 45.6 Å². The molecule has 0 radical (unpaired) electrons. The molecule has 8 heteroatoms. The SMILES string of the molecule is Cc1ccc(S(=O)(=O)NCCN=C(N)Nc2cc(C)cc(C)c2)cc1.I. The number of aryl methyl sites for hydroxylation is 3. The molecule has 4 N–H and O–H groups in total. The normalized spacial score (nSPS) is 11.7. The van der Waals surface area contributed by atoms with Gasteiger partial charge in [0.2, 0.25) is 10.0 Å². The number of anilines is 1. The van der Waals surface area contributed by atoms with Gasteiger partial charge in [-0.15, -0.1) is 24.0 Å². The molecule has 0 unspecified atom stereocenters. The van der Waals surface area contributed by atoms with Gasteiger partial charge in [-0.3, -0.25) is 4.99 Å². The lowest BCUT2D eigenvalue weighted by atomic mass is 10.1. The van der Waals surface area contributed by atoms with Crippen molar-refractivity contribution in [1.82, 2.24) is 4.72 Å². The molecule has 142 valence electrons. The lowest BCUT2D eigenvalue weighted by Gasteiger charge is -2.09. The fourth-order valence-corrected chi connectivity index (χ4v) is 3.41. The Morgan fingerprint density at radius 1 is 1.00 bits per heavy atom. The first-order chi connectivity index (χ1) is 11.8. The van der Waals surface area contributed by atoms with Crippen molar-refractivity contribution in [3.05, 3.63) is 59.2 Å². The Balaban J connectivity index is 0.00000338. The van der Waals surface area contributed by atoms with Crippen LogP contribution in [0.25, 0.3) is 0 Å². The summed E-state index contributed by atoms with van der Waals surface area (Å²) in [5.74, 6) is 0.250. The number of nitrogens with two attached hydrogens (primary N) is 1. The van der Waals surface area contributed by atoms with E-state index in [0.29, 0.717) is 0 Å². The van der Waals surface area contributed by atoms with Crippen molar-refractivity contribution in [3.63, 3.8) is 0 Å². The zero-order valence-corrected chi connectivity index (χ0v) is 18.3. The number of rotatable bonds is 6. The average Bonchev–Trinajstić information content (AvgIpc) is 2.51. The van der Waals surface area contributed by atoms with Gasteiger partial charge in [0.25, 0.3) is 0 Å². The molecule has 2 aromatic rings. The minimum Gasteiger partial charge on any atom is -0.370 e. The van der Waals surface area contributed by atoms with Gasteiger partial charge in [0, 0.05) is 12.2 Å². The quantitative estimate of drug-likeness (QED) is 0.252. The molecule has 0 spiro atoms. The summed E-state index contributed by atoms with van der Waals surface area (Å²) in [7, 11) is -3.53. The van der Waals surface area contributed by atoms with Crippen LogP contribution in [0.15, 0.2) is 52.4 Å². The van der Waals surface area contributed by atoms with Gasteiger partial charge in [-0.25, -0.2) is 13.1 Å². The minimum absolute atomic E-state index is 0. The number of guanidine groups is 1. The van der Waals surface area contributed by atoms with E-state index in [-0.39, 0.29) is 47.9 Å². The summed E-state index contributed by atoms with van der Waals surface area (Å²) in [4.78, 5) is 4.39. The van der Waals surface area contributed by atoms with E-state index in [1.165, 1.54) is 0 Å². The smallest absolute Gasteiger partial charge is 0.240 e. The molecule has 2 rings (SSSR count). The first-order valence-electron chi connectivity index (χ1n) is 7.98. The molecule has 0 heterocycles. The number of nitrogens with one attached hydrogen (secondary N) is 2. The van der Waals surface area contributed by atoms with Crippen LogP contribution >= 0.6 is 24.0 Å². The largest absolute Gasteiger partial charge is 0.370 e. The van der Waals surface area contributed by atoms with Gasteiger partial charge in [0.05, 0.1) is 11.4 Å². The summed E-state index contributed by atoms with van der Waals surface area (Å²) >= 11 is 0. The zero-order chi connectivity index (χ0) is 18.4. The predicted octanol–water partition coefficient (Wildman–Crippen LogP) is 2.93. The second kappa shape index (κ2) is 9.89.